The summed E-state index contributed by atoms with van der Waals surface area (Å²) in [5, 5.41) is 45.0. The zero-order valence-electron chi connectivity index (χ0n) is 28.6. The van der Waals surface area contributed by atoms with Crippen LogP contribution in [0.15, 0.2) is 47.3 Å². The van der Waals surface area contributed by atoms with E-state index in [-0.39, 0.29) is 35.9 Å². The Balaban J connectivity index is 2.52. The second-order valence-corrected chi connectivity index (χ2v) is 13.6. The van der Waals surface area contributed by atoms with Crippen LogP contribution in [-0.2, 0) is 23.7 Å². The zero-order valence-corrected chi connectivity index (χ0v) is 28.6. The lowest BCUT2D eigenvalue weighted by Crippen LogP contribution is -2.59. The number of cyclic esters (lactones) is 1. The third-order valence-electron chi connectivity index (χ3n) is 9.50. The highest BCUT2D eigenvalue weighted by Gasteiger charge is 2.51. The van der Waals surface area contributed by atoms with Gasteiger partial charge in [-0.15, -0.1) is 0 Å². The van der Waals surface area contributed by atoms with E-state index < -0.39 is 60.2 Å². The molecule has 0 aromatic heterocycles. The van der Waals surface area contributed by atoms with Crippen LogP contribution in [0.2, 0.25) is 0 Å². The lowest BCUT2D eigenvalue weighted by Gasteiger charge is -2.49. The molecule has 0 aliphatic carbocycles. The molecule has 9 heteroatoms. The monoisotopic (exact) mass is 622 g/mol. The summed E-state index contributed by atoms with van der Waals surface area (Å²) >= 11 is 0. The van der Waals surface area contributed by atoms with Crippen LogP contribution in [0.1, 0.15) is 75.2 Å². The van der Waals surface area contributed by atoms with Crippen LogP contribution in [0.4, 0.5) is 0 Å². The van der Waals surface area contributed by atoms with Gasteiger partial charge in [-0.3, -0.25) is 0 Å². The Morgan fingerprint density at radius 2 is 1.68 bits per heavy atom. The maximum atomic E-state index is 13.5. The summed E-state index contributed by atoms with van der Waals surface area (Å²) in [5.41, 5.74) is 1.78. The molecule has 1 saturated heterocycles. The average molecular weight is 623 g/mol. The van der Waals surface area contributed by atoms with Gasteiger partial charge in [-0.05, 0) is 38.2 Å². The highest BCUT2D eigenvalue weighted by atomic mass is 16.6. The number of rotatable bonds is 7. The summed E-state index contributed by atoms with van der Waals surface area (Å²) in [6.07, 6.45) is 4.85. The molecular formula is C35H58O9. The molecule has 0 aromatic rings. The number of ether oxygens (including phenoxy) is 4. The molecule has 12 atom stereocenters. The maximum Gasteiger partial charge on any atom is 0.373 e. The molecule has 2 heterocycles. The van der Waals surface area contributed by atoms with Crippen LogP contribution in [0.25, 0.3) is 0 Å². The second kappa shape index (κ2) is 16.5. The van der Waals surface area contributed by atoms with Gasteiger partial charge in [0.15, 0.2) is 5.79 Å². The van der Waals surface area contributed by atoms with E-state index in [1.807, 2.05) is 66.7 Å². The van der Waals surface area contributed by atoms with Crippen molar-refractivity contribution in [3.8, 4) is 0 Å². The van der Waals surface area contributed by atoms with Crippen LogP contribution in [-0.4, -0.2) is 83.0 Å². The summed E-state index contributed by atoms with van der Waals surface area (Å²) in [4.78, 5) is 13.5. The maximum absolute atomic E-state index is 13.5. The molecule has 4 N–H and O–H groups in total. The molecule has 2 aliphatic heterocycles. The van der Waals surface area contributed by atoms with Gasteiger partial charge in [-0.25, -0.2) is 4.79 Å². The van der Waals surface area contributed by atoms with Crippen LogP contribution in [0, 0.1) is 35.5 Å². The van der Waals surface area contributed by atoms with Gasteiger partial charge in [-0.2, -0.15) is 0 Å². The quantitative estimate of drug-likeness (QED) is 0.298. The van der Waals surface area contributed by atoms with E-state index in [0.29, 0.717) is 6.42 Å². The van der Waals surface area contributed by atoms with E-state index in [4.69, 9.17) is 18.9 Å². The molecule has 0 radical (unpaired) electrons. The molecule has 0 aromatic carbocycles. The first-order chi connectivity index (χ1) is 20.5. The Bertz CT molecular complexity index is 1060. The highest BCUT2D eigenvalue weighted by molar-refractivity contribution is 5.87. The Morgan fingerprint density at radius 3 is 2.25 bits per heavy atom. The fraction of sp³-hybridized carbons (Fsp3) is 0.743. The predicted octanol–water partition coefficient (Wildman–Crippen LogP) is 4.69. The SMILES string of the molecule is COC1=C/C(C)=C/[C@@H](C)[C@@H](O)[C@@H](C)C/C(C)=C\C=C\[C@H](OC)[C@@H]([C@@H](C)[C@@H](O)[C@H](C)[C@@]2(O)C[C@@H](O)[C@H](C)[C@@H](C(C)C)O2)OC1=O. The summed E-state index contributed by atoms with van der Waals surface area (Å²) in [6, 6.07) is 0. The summed E-state index contributed by atoms with van der Waals surface area (Å²) < 4.78 is 23.4. The molecule has 0 spiro atoms. The molecule has 0 bridgehead atoms. The van der Waals surface area contributed by atoms with Crippen LogP contribution >= 0.6 is 0 Å². The van der Waals surface area contributed by atoms with Gasteiger partial charge >= 0.3 is 5.97 Å². The zero-order chi connectivity index (χ0) is 33.5. The molecular weight excluding hydrogens is 564 g/mol. The minimum atomic E-state index is -1.80. The van der Waals surface area contributed by atoms with Crippen molar-refractivity contribution < 1.29 is 44.2 Å². The minimum Gasteiger partial charge on any atom is -0.490 e. The van der Waals surface area contributed by atoms with Crippen molar-refractivity contribution in [2.24, 2.45) is 35.5 Å². The third-order valence-corrected chi connectivity index (χ3v) is 9.50. The normalized spacial score (nSPS) is 40.0. The van der Waals surface area contributed by atoms with Crippen LogP contribution in [0.3, 0.4) is 0 Å². The van der Waals surface area contributed by atoms with Crippen molar-refractivity contribution in [3.05, 3.63) is 47.3 Å². The second-order valence-electron chi connectivity index (χ2n) is 13.6. The Morgan fingerprint density at radius 1 is 1.05 bits per heavy atom. The van der Waals surface area contributed by atoms with Crippen molar-refractivity contribution in [1.29, 1.82) is 0 Å². The summed E-state index contributed by atoms with van der Waals surface area (Å²) in [7, 11) is 2.87. The fourth-order valence-electron chi connectivity index (χ4n) is 6.54. The van der Waals surface area contributed by atoms with Gasteiger partial charge in [0, 0.05) is 37.2 Å². The number of hydrogen-bond acceptors (Lipinski definition) is 9. The molecule has 0 amide bonds. The van der Waals surface area contributed by atoms with Crippen molar-refractivity contribution in [1.82, 2.24) is 0 Å². The van der Waals surface area contributed by atoms with Crippen molar-refractivity contribution in [2.45, 2.75) is 118 Å². The molecule has 44 heavy (non-hydrogen) atoms. The van der Waals surface area contributed by atoms with Crippen molar-refractivity contribution in [2.75, 3.05) is 14.2 Å². The summed E-state index contributed by atoms with van der Waals surface area (Å²) in [6.45, 7) is 17.0. The molecule has 252 valence electrons. The topological polar surface area (TPSA) is 135 Å². The van der Waals surface area contributed by atoms with E-state index in [1.54, 1.807) is 26.0 Å². The van der Waals surface area contributed by atoms with Gasteiger partial charge in [-0.1, -0.05) is 83.9 Å². The first kappa shape index (κ1) is 38.2. The lowest BCUT2D eigenvalue weighted by molar-refractivity contribution is -0.328. The minimum absolute atomic E-state index is 0.00492. The number of carbonyl (C=O) groups is 1. The Hall–Kier alpha value is -2.01. The number of aliphatic hydroxyl groups is 4. The van der Waals surface area contributed by atoms with Crippen molar-refractivity contribution in [3.63, 3.8) is 0 Å². The first-order valence-electron chi connectivity index (χ1n) is 15.9. The standard InChI is InChI=1S/C35H58O9/c1-19(2)32-24(7)27(36)18-35(40,44-32)26(9)31(38)25(8)33-28(41-10)14-12-13-20(3)15-22(5)30(37)23(6)16-21(4)17-29(42-11)34(39)43-33/h12-14,16-17,19,22-28,30-33,36-38,40H,15,18H2,1-11H3/b14-12+,20-13-,21-16+,29-17?/t22-,23+,24-,25-,26-,27+,28-,30-,31+,32+,33+,35+/m0/s1. The molecule has 1 fully saturated rings. The number of hydrogen-bond donors (Lipinski definition) is 4. The number of allylic oxidation sites excluding steroid dienone is 5. The predicted molar refractivity (Wildman–Crippen MR) is 170 cm³/mol. The Kier molecular flexibility index (Phi) is 14.3. The number of esters is 1. The van der Waals surface area contributed by atoms with E-state index in [1.165, 1.54) is 14.2 Å². The smallest absolute Gasteiger partial charge is 0.373 e. The van der Waals surface area contributed by atoms with Crippen LogP contribution in [0.5, 0.6) is 0 Å². The van der Waals surface area contributed by atoms with Gasteiger partial charge < -0.3 is 39.4 Å². The summed E-state index contributed by atoms with van der Waals surface area (Å²) in [5.74, 6) is -4.49. The number of aliphatic hydroxyl groups excluding tert-OH is 3. The molecule has 2 rings (SSSR count). The van der Waals surface area contributed by atoms with E-state index in [2.05, 4.69) is 0 Å². The number of carbonyl (C=O) groups excluding carboxylic acids is 1. The first-order valence-corrected chi connectivity index (χ1v) is 15.9. The molecule has 0 saturated carbocycles. The molecule has 2 aliphatic rings. The van der Waals surface area contributed by atoms with Crippen molar-refractivity contribution >= 4 is 5.97 Å². The molecule has 0 unspecified atom stereocenters. The van der Waals surface area contributed by atoms with E-state index in [0.717, 1.165) is 11.1 Å². The Labute approximate surface area is 264 Å². The largest absolute Gasteiger partial charge is 0.490 e. The van der Waals surface area contributed by atoms with Gasteiger partial charge in [0.25, 0.3) is 0 Å². The third kappa shape index (κ3) is 9.50. The van der Waals surface area contributed by atoms with Gasteiger partial charge in [0.2, 0.25) is 5.76 Å². The lowest BCUT2D eigenvalue weighted by atomic mass is 9.76. The molecule has 9 nitrogen and oxygen atoms in total. The van der Waals surface area contributed by atoms with E-state index in [9.17, 15) is 25.2 Å². The van der Waals surface area contributed by atoms with Gasteiger partial charge in [0.1, 0.15) is 12.2 Å². The van der Waals surface area contributed by atoms with Gasteiger partial charge in [0.05, 0.1) is 31.5 Å². The van der Waals surface area contributed by atoms with E-state index >= 15 is 0 Å². The average Bonchev–Trinajstić information content (AvgIpc) is 2.96. The van der Waals surface area contributed by atoms with Crippen LogP contribution < -0.4 is 0 Å². The number of methoxy groups -OCH3 is 2. The fourth-order valence-corrected chi connectivity index (χ4v) is 6.54. The highest BCUT2D eigenvalue weighted by Crippen LogP contribution is 2.41.